The minimum absolute atomic E-state index is 0.212. The first-order chi connectivity index (χ1) is 20.2. The van der Waals surface area contributed by atoms with Gasteiger partial charge in [0.2, 0.25) is 0 Å². The number of rotatable bonds is 4. The molecule has 3 aromatic heterocycles. The molecule has 0 spiro atoms. The molecule has 0 atom stereocenters. The predicted octanol–water partition coefficient (Wildman–Crippen LogP) is 8.49. The first kappa shape index (κ1) is 23.7. The Morgan fingerprint density at radius 2 is 1.34 bits per heavy atom. The molecule has 0 fully saturated rings. The Morgan fingerprint density at radius 3 is 2.12 bits per heavy atom. The summed E-state index contributed by atoms with van der Waals surface area (Å²) in [7, 11) is 0. The quantitative estimate of drug-likeness (QED) is 0.241. The normalized spacial score (nSPS) is 13.2. The van der Waals surface area contributed by atoms with Crippen molar-refractivity contribution in [3.8, 4) is 39.4 Å². The van der Waals surface area contributed by atoms with E-state index in [4.69, 9.17) is 9.97 Å². The van der Waals surface area contributed by atoms with Crippen LogP contribution in [-0.4, -0.2) is 20.1 Å². The number of para-hydroxylation sites is 1. The molecule has 5 heteroatoms. The van der Waals surface area contributed by atoms with Gasteiger partial charge in [0, 0.05) is 16.5 Å². The molecule has 194 valence electrons. The molecule has 3 heterocycles. The fourth-order valence-electron chi connectivity index (χ4n) is 6.37. The molecule has 7 aromatic rings. The van der Waals surface area contributed by atoms with Crippen LogP contribution in [0.1, 0.15) is 22.4 Å². The molecule has 8 rings (SSSR count). The number of hydrogen-bond donors (Lipinski definition) is 1. The van der Waals surface area contributed by atoms with Gasteiger partial charge < -0.3 is 5.11 Å². The van der Waals surface area contributed by atoms with Crippen molar-refractivity contribution in [1.29, 1.82) is 0 Å². The lowest BCUT2D eigenvalue weighted by atomic mass is 9.69. The lowest BCUT2D eigenvalue weighted by molar-refractivity contribution is 0.477. The van der Waals surface area contributed by atoms with Gasteiger partial charge in [-0.15, -0.1) is 11.3 Å². The number of phenols is 1. The molecule has 1 aliphatic rings. The van der Waals surface area contributed by atoms with Crippen molar-refractivity contribution in [3.05, 3.63) is 155 Å². The molecule has 0 amide bonds. The zero-order valence-electron chi connectivity index (χ0n) is 21.9. The first-order valence-corrected chi connectivity index (χ1v) is 14.4. The van der Waals surface area contributed by atoms with Crippen LogP contribution in [0.3, 0.4) is 0 Å². The Balaban J connectivity index is 1.45. The van der Waals surface area contributed by atoms with Crippen LogP contribution < -0.4 is 0 Å². The Hall–Kier alpha value is -5.13. The van der Waals surface area contributed by atoms with Gasteiger partial charge in [-0.25, -0.2) is 9.97 Å². The summed E-state index contributed by atoms with van der Waals surface area (Å²) in [6.45, 7) is 0. The van der Waals surface area contributed by atoms with Gasteiger partial charge in [-0.3, -0.25) is 4.98 Å². The average molecular weight is 546 g/mol. The number of phenolic OH excluding ortho intramolecular Hbond substituents is 1. The number of fused-ring (bicyclic) bond motifs is 4. The van der Waals surface area contributed by atoms with Gasteiger partial charge in [-0.2, -0.15) is 0 Å². The topological polar surface area (TPSA) is 58.9 Å². The van der Waals surface area contributed by atoms with Crippen LogP contribution >= 0.6 is 11.3 Å². The fraction of sp³-hybridized carbons (Fsp3) is 0.0278. The molecule has 4 nitrogen and oxygen atoms in total. The van der Waals surface area contributed by atoms with Crippen molar-refractivity contribution in [2.24, 2.45) is 0 Å². The zero-order valence-corrected chi connectivity index (χ0v) is 22.7. The molecular weight excluding hydrogens is 522 g/mol. The molecular formula is C36H23N3OS. The second-order valence-corrected chi connectivity index (χ2v) is 11.1. The maximum atomic E-state index is 10.7. The summed E-state index contributed by atoms with van der Waals surface area (Å²) in [5.74, 6) is 0.212. The van der Waals surface area contributed by atoms with Crippen LogP contribution in [0.4, 0.5) is 0 Å². The van der Waals surface area contributed by atoms with E-state index in [9.17, 15) is 5.11 Å². The standard InChI is InChI=1S/C36H23N3OS/c40-32-17-6-3-13-27(32)31-16-8-18-33(39-31)36(29-14-4-1-11-25(29)26-12-2-5-15-30(26)36)24-10-7-9-23(21-24)34-28-19-20-41-35(28)38-22-37-34/h1-22,40H. The third kappa shape index (κ3) is 3.49. The van der Waals surface area contributed by atoms with Gasteiger partial charge >= 0.3 is 0 Å². The summed E-state index contributed by atoms with van der Waals surface area (Å²) in [6.07, 6.45) is 1.65. The van der Waals surface area contributed by atoms with Crippen molar-refractivity contribution in [2.75, 3.05) is 0 Å². The van der Waals surface area contributed by atoms with Crippen LogP contribution in [0.2, 0.25) is 0 Å². The Kier molecular flexibility index (Phi) is 5.34. The number of aromatic hydroxyl groups is 1. The van der Waals surface area contributed by atoms with Crippen molar-refractivity contribution >= 4 is 21.6 Å². The van der Waals surface area contributed by atoms with Crippen molar-refractivity contribution in [1.82, 2.24) is 15.0 Å². The molecule has 1 aliphatic carbocycles. The van der Waals surface area contributed by atoms with E-state index in [-0.39, 0.29) is 5.75 Å². The van der Waals surface area contributed by atoms with Crippen LogP contribution in [0.25, 0.3) is 43.9 Å². The van der Waals surface area contributed by atoms with Gasteiger partial charge in [-0.1, -0.05) is 84.9 Å². The Labute approximate surface area is 241 Å². The lowest BCUT2D eigenvalue weighted by Crippen LogP contribution is -2.30. The predicted molar refractivity (Wildman–Crippen MR) is 165 cm³/mol. The fourth-order valence-corrected chi connectivity index (χ4v) is 7.11. The monoisotopic (exact) mass is 545 g/mol. The molecule has 4 aromatic carbocycles. The Morgan fingerprint density at radius 1 is 0.634 bits per heavy atom. The number of nitrogens with zero attached hydrogens (tertiary/aromatic N) is 3. The maximum Gasteiger partial charge on any atom is 0.127 e. The minimum atomic E-state index is -0.676. The molecule has 0 radical (unpaired) electrons. The van der Waals surface area contributed by atoms with Gasteiger partial charge in [0.05, 0.1) is 22.5 Å². The second-order valence-electron chi connectivity index (χ2n) is 10.2. The van der Waals surface area contributed by atoms with Gasteiger partial charge in [0.25, 0.3) is 0 Å². The maximum absolute atomic E-state index is 10.7. The highest BCUT2D eigenvalue weighted by atomic mass is 32.1. The first-order valence-electron chi connectivity index (χ1n) is 13.5. The summed E-state index contributed by atoms with van der Waals surface area (Å²) in [5.41, 5.74) is 9.49. The van der Waals surface area contributed by atoms with E-state index in [2.05, 4.69) is 95.3 Å². The van der Waals surface area contributed by atoms with Crippen molar-refractivity contribution in [2.45, 2.75) is 5.41 Å². The highest BCUT2D eigenvalue weighted by Gasteiger charge is 2.47. The molecule has 0 aliphatic heterocycles. The molecule has 41 heavy (non-hydrogen) atoms. The summed E-state index contributed by atoms with van der Waals surface area (Å²) >= 11 is 1.62. The molecule has 0 bridgehead atoms. The van der Waals surface area contributed by atoms with E-state index >= 15 is 0 Å². The highest BCUT2D eigenvalue weighted by molar-refractivity contribution is 7.16. The summed E-state index contributed by atoms with van der Waals surface area (Å²) in [6, 6.07) is 41.5. The molecule has 0 unspecified atom stereocenters. The number of benzene rings is 4. The van der Waals surface area contributed by atoms with Gasteiger partial charge in [0.1, 0.15) is 16.9 Å². The Bertz CT molecular complexity index is 2050. The van der Waals surface area contributed by atoms with E-state index in [1.54, 1.807) is 23.7 Å². The van der Waals surface area contributed by atoms with E-state index in [1.807, 2.05) is 30.3 Å². The molecule has 1 N–H and O–H groups in total. The van der Waals surface area contributed by atoms with Crippen molar-refractivity contribution < 1.29 is 5.11 Å². The average Bonchev–Trinajstić information content (AvgIpc) is 3.63. The van der Waals surface area contributed by atoms with Crippen molar-refractivity contribution in [3.63, 3.8) is 0 Å². The largest absolute Gasteiger partial charge is 0.507 e. The third-order valence-electron chi connectivity index (χ3n) is 8.10. The van der Waals surface area contributed by atoms with Crippen LogP contribution in [0, 0.1) is 0 Å². The molecule has 0 saturated carbocycles. The van der Waals surface area contributed by atoms with Crippen LogP contribution in [0.5, 0.6) is 5.75 Å². The number of pyridine rings is 1. The van der Waals surface area contributed by atoms with E-state index in [0.29, 0.717) is 5.56 Å². The highest BCUT2D eigenvalue weighted by Crippen LogP contribution is 2.56. The SMILES string of the molecule is Oc1ccccc1-c1cccc(C2(c3cccc(-c4ncnc5sccc45)c3)c3ccccc3-c3ccccc32)n1. The van der Waals surface area contributed by atoms with Crippen LogP contribution in [0.15, 0.2) is 133 Å². The minimum Gasteiger partial charge on any atom is -0.507 e. The van der Waals surface area contributed by atoms with E-state index < -0.39 is 5.41 Å². The smallest absolute Gasteiger partial charge is 0.127 e. The van der Waals surface area contributed by atoms with Gasteiger partial charge in [0.15, 0.2) is 0 Å². The third-order valence-corrected chi connectivity index (χ3v) is 8.92. The van der Waals surface area contributed by atoms with Crippen LogP contribution in [-0.2, 0) is 5.41 Å². The lowest BCUT2D eigenvalue weighted by Gasteiger charge is -2.33. The number of aromatic nitrogens is 3. The summed E-state index contributed by atoms with van der Waals surface area (Å²) in [4.78, 5) is 15.5. The molecule has 0 saturated heterocycles. The second kappa shape index (κ2) is 9.22. The zero-order chi connectivity index (χ0) is 27.4. The number of hydrogen-bond acceptors (Lipinski definition) is 5. The van der Waals surface area contributed by atoms with Gasteiger partial charge in [-0.05, 0) is 69.6 Å². The summed E-state index contributed by atoms with van der Waals surface area (Å²) < 4.78 is 0. The van der Waals surface area contributed by atoms with E-state index in [1.165, 1.54) is 22.3 Å². The number of thiophene rings is 1. The summed E-state index contributed by atoms with van der Waals surface area (Å²) in [5, 5.41) is 13.8. The van der Waals surface area contributed by atoms with E-state index in [0.717, 1.165) is 38.4 Å².